The van der Waals surface area contributed by atoms with E-state index in [0.29, 0.717) is 6.61 Å². The van der Waals surface area contributed by atoms with Crippen LogP contribution >= 0.6 is 0 Å². The minimum atomic E-state index is -0.630. The number of nitriles is 1. The lowest BCUT2D eigenvalue weighted by molar-refractivity contribution is -0.138. The van der Waals surface area contributed by atoms with Gasteiger partial charge < -0.3 is 14.8 Å². The highest BCUT2D eigenvalue weighted by molar-refractivity contribution is 5.93. The van der Waals surface area contributed by atoms with E-state index in [2.05, 4.69) is 12.2 Å². The molecule has 0 aliphatic rings. The molecule has 0 unspecified atom stereocenters. The topological polar surface area (TPSA) is 71.3 Å². The van der Waals surface area contributed by atoms with Crippen LogP contribution in [-0.2, 0) is 9.53 Å². The summed E-state index contributed by atoms with van der Waals surface area (Å²) in [4.78, 5) is 11.5. The van der Waals surface area contributed by atoms with Crippen LogP contribution in [0.1, 0.15) is 39.5 Å². The van der Waals surface area contributed by atoms with Crippen molar-refractivity contribution in [1.82, 2.24) is 0 Å². The average molecular weight is 316 g/mol. The van der Waals surface area contributed by atoms with Crippen LogP contribution in [0.5, 0.6) is 5.75 Å². The number of benzene rings is 1. The molecule has 0 aliphatic carbocycles. The Bertz CT molecular complexity index is 544. The number of nitrogens with one attached hydrogen (secondary N) is 1. The molecule has 1 aromatic rings. The summed E-state index contributed by atoms with van der Waals surface area (Å²) in [6.45, 7) is 4.83. The van der Waals surface area contributed by atoms with E-state index in [1.54, 1.807) is 6.92 Å². The first kappa shape index (κ1) is 18.6. The highest BCUT2D eigenvalue weighted by Crippen LogP contribution is 2.16. The van der Waals surface area contributed by atoms with Gasteiger partial charge in [0.15, 0.2) is 5.57 Å². The molecule has 0 saturated carbocycles. The molecule has 5 nitrogen and oxygen atoms in total. The van der Waals surface area contributed by atoms with Gasteiger partial charge in [0, 0.05) is 11.9 Å². The number of unbranched alkanes of at least 4 members (excludes halogenated alkanes) is 3. The smallest absolute Gasteiger partial charge is 0.350 e. The molecule has 0 amide bonds. The second-order valence-corrected chi connectivity index (χ2v) is 4.97. The zero-order chi connectivity index (χ0) is 16.9. The number of hydrogen-bond donors (Lipinski definition) is 1. The Kier molecular flexibility index (Phi) is 8.99. The van der Waals surface area contributed by atoms with Crippen LogP contribution in [0.15, 0.2) is 36.0 Å². The third-order valence-electron chi connectivity index (χ3n) is 3.12. The maximum absolute atomic E-state index is 11.5. The molecule has 1 rings (SSSR count). The number of ether oxygens (including phenoxy) is 2. The number of carbonyl (C=O) groups is 1. The first-order valence-corrected chi connectivity index (χ1v) is 7.98. The minimum absolute atomic E-state index is 0.0666. The summed E-state index contributed by atoms with van der Waals surface area (Å²) in [6, 6.07) is 9.18. The molecule has 0 aliphatic heterocycles. The van der Waals surface area contributed by atoms with E-state index < -0.39 is 5.97 Å². The zero-order valence-corrected chi connectivity index (χ0v) is 13.8. The Morgan fingerprint density at radius 3 is 2.57 bits per heavy atom. The number of hydrogen-bond acceptors (Lipinski definition) is 5. The van der Waals surface area contributed by atoms with Gasteiger partial charge in [0.1, 0.15) is 11.8 Å². The van der Waals surface area contributed by atoms with Crippen molar-refractivity contribution in [3.63, 3.8) is 0 Å². The SMILES string of the molecule is CCCCCCOc1ccc(N/C=C(\C#N)C(=O)OCC)cc1. The lowest BCUT2D eigenvalue weighted by Crippen LogP contribution is -2.07. The van der Waals surface area contributed by atoms with Crippen LogP contribution in [0.4, 0.5) is 5.69 Å². The van der Waals surface area contributed by atoms with Crippen LogP contribution in [-0.4, -0.2) is 19.2 Å². The largest absolute Gasteiger partial charge is 0.494 e. The highest BCUT2D eigenvalue weighted by Gasteiger charge is 2.08. The highest BCUT2D eigenvalue weighted by atomic mass is 16.5. The number of rotatable bonds is 10. The van der Waals surface area contributed by atoms with Crippen LogP contribution in [0.3, 0.4) is 0 Å². The van der Waals surface area contributed by atoms with Gasteiger partial charge in [0.25, 0.3) is 0 Å². The van der Waals surface area contributed by atoms with Gasteiger partial charge in [-0.3, -0.25) is 0 Å². The molecule has 0 saturated heterocycles. The van der Waals surface area contributed by atoms with Gasteiger partial charge in [-0.2, -0.15) is 5.26 Å². The van der Waals surface area contributed by atoms with Crippen molar-refractivity contribution in [1.29, 1.82) is 5.26 Å². The molecule has 1 N–H and O–H groups in total. The second kappa shape index (κ2) is 11.1. The van der Waals surface area contributed by atoms with Crippen LogP contribution in [0.2, 0.25) is 0 Å². The summed E-state index contributed by atoms with van der Waals surface area (Å²) in [5.41, 5.74) is 0.698. The Hall–Kier alpha value is -2.48. The quantitative estimate of drug-likeness (QED) is 0.305. The first-order valence-electron chi connectivity index (χ1n) is 7.98. The predicted octanol–water partition coefficient (Wildman–Crippen LogP) is 4.03. The molecular weight excluding hydrogens is 292 g/mol. The molecular formula is C18H24N2O3. The number of esters is 1. The Morgan fingerprint density at radius 2 is 1.96 bits per heavy atom. The second-order valence-electron chi connectivity index (χ2n) is 4.97. The van der Waals surface area contributed by atoms with E-state index in [1.165, 1.54) is 25.5 Å². The fourth-order valence-corrected chi connectivity index (χ4v) is 1.87. The molecule has 124 valence electrons. The van der Waals surface area contributed by atoms with Crippen molar-refractivity contribution >= 4 is 11.7 Å². The van der Waals surface area contributed by atoms with Crippen molar-refractivity contribution in [3.8, 4) is 11.8 Å². The predicted molar refractivity (Wildman–Crippen MR) is 90.0 cm³/mol. The number of anilines is 1. The molecule has 23 heavy (non-hydrogen) atoms. The van der Waals surface area contributed by atoms with Gasteiger partial charge >= 0.3 is 5.97 Å². The van der Waals surface area contributed by atoms with Crippen molar-refractivity contribution in [2.24, 2.45) is 0 Å². The lowest BCUT2D eigenvalue weighted by Gasteiger charge is -2.07. The standard InChI is InChI=1S/C18H24N2O3/c1-3-5-6-7-12-23-17-10-8-16(9-11-17)20-14-15(13-19)18(21)22-4-2/h8-11,14,20H,3-7,12H2,1-2H3/b15-14+. The zero-order valence-electron chi connectivity index (χ0n) is 13.8. The maximum Gasteiger partial charge on any atom is 0.350 e. The van der Waals surface area contributed by atoms with Crippen molar-refractivity contribution in [2.75, 3.05) is 18.5 Å². The fourth-order valence-electron chi connectivity index (χ4n) is 1.87. The van der Waals surface area contributed by atoms with Gasteiger partial charge in [-0.15, -0.1) is 0 Å². The molecule has 0 spiro atoms. The summed E-state index contributed by atoms with van der Waals surface area (Å²) >= 11 is 0. The first-order chi connectivity index (χ1) is 11.2. The number of nitrogens with zero attached hydrogens (tertiary/aromatic N) is 1. The van der Waals surface area contributed by atoms with Gasteiger partial charge in [-0.1, -0.05) is 26.2 Å². The van der Waals surface area contributed by atoms with Crippen LogP contribution < -0.4 is 10.1 Å². The van der Waals surface area contributed by atoms with Crippen LogP contribution in [0, 0.1) is 11.3 Å². The molecule has 0 atom stereocenters. The molecule has 1 aromatic carbocycles. The van der Waals surface area contributed by atoms with E-state index in [4.69, 9.17) is 14.7 Å². The van der Waals surface area contributed by atoms with Crippen molar-refractivity contribution in [3.05, 3.63) is 36.0 Å². The lowest BCUT2D eigenvalue weighted by atomic mass is 10.2. The third-order valence-corrected chi connectivity index (χ3v) is 3.12. The summed E-state index contributed by atoms with van der Waals surface area (Å²) in [5, 5.41) is 11.8. The fraction of sp³-hybridized carbons (Fsp3) is 0.444. The van der Waals surface area contributed by atoms with E-state index in [9.17, 15) is 4.79 Å². The van der Waals surface area contributed by atoms with E-state index in [0.717, 1.165) is 17.9 Å². The van der Waals surface area contributed by atoms with Crippen molar-refractivity contribution < 1.29 is 14.3 Å². The Labute approximate surface area is 137 Å². The maximum atomic E-state index is 11.5. The van der Waals surface area contributed by atoms with Gasteiger partial charge in [0.05, 0.1) is 13.2 Å². The molecule has 5 heteroatoms. The van der Waals surface area contributed by atoms with E-state index >= 15 is 0 Å². The third kappa shape index (κ3) is 7.37. The molecule has 0 heterocycles. The molecule has 0 aromatic heterocycles. The monoisotopic (exact) mass is 316 g/mol. The average Bonchev–Trinajstić information content (AvgIpc) is 2.57. The molecule has 0 fully saturated rings. The van der Waals surface area contributed by atoms with E-state index in [-0.39, 0.29) is 12.2 Å². The summed E-state index contributed by atoms with van der Waals surface area (Å²) < 4.78 is 10.4. The normalized spacial score (nSPS) is 10.7. The Balaban J connectivity index is 2.47. The number of carbonyl (C=O) groups excluding carboxylic acids is 1. The molecule has 0 radical (unpaired) electrons. The van der Waals surface area contributed by atoms with E-state index in [1.807, 2.05) is 30.3 Å². The van der Waals surface area contributed by atoms with Crippen molar-refractivity contribution in [2.45, 2.75) is 39.5 Å². The van der Waals surface area contributed by atoms with Gasteiger partial charge in [0.2, 0.25) is 0 Å². The van der Waals surface area contributed by atoms with Gasteiger partial charge in [-0.25, -0.2) is 4.79 Å². The molecule has 0 bridgehead atoms. The summed E-state index contributed by atoms with van der Waals surface area (Å²) in [7, 11) is 0. The minimum Gasteiger partial charge on any atom is -0.494 e. The Morgan fingerprint density at radius 1 is 1.22 bits per heavy atom. The van der Waals surface area contributed by atoms with Gasteiger partial charge in [-0.05, 0) is 37.6 Å². The summed E-state index contributed by atoms with van der Waals surface area (Å²) in [6.07, 6.45) is 6.04. The van der Waals surface area contributed by atoms with Crippen LogP contribution in [0.25, 0.3) is 0 Å². The summed E-state index contributed by atoms with van der Waals surface area (Å²) in [5.74, 6) is 0.177.